The third kappa shape index (κ3) is 5.49. The Hall–Kier alpha value is -2.57. The molecule has 1 saturated heterocycles. The standard InChI is InChI=1S/C23H31N3O3/c1-24(2)23(29)20-17-18(10-11-22(20)28)21(27)9-6-12-25-13-15-26(16-14-25)19-7-4-3-5-8-19/h3-5,7-8,10-11,17,21,27-28H,6,9,12-16H2,1-2H3. The lowest BCUT2D eigenvalue weighted by Gasteiger charge is -2.36. The monoisotopic (exact) mass is 397 g/mol. The lowest BCUT2D eigenvalue weighted by atomic mass is 10.0. The predicted octanol–water partition coefficient (Wildman–Crippen LogP) is 2.73. The number of hydrogen-bond acceptors (Lipinski definition) is 5. The van der Waals surface area contributed by atoms with Gasteiger partial charge in [0.25, 0.3) is 5.91 Å². The Morgan fingerprint density at radius 2 is 1.76 bits per heavy atom. The van der Waals surface area contributed by atoms with Crippen molar-refractivity contribution in [1.82, 2.24) is 9.80 Å². The van der Waals surface area contributed by atoms with E-state index < -0.39 is 6.10 Å². The average molecular weight is 398 g/mol. The van der Waals surface area contributed by atoms with Crippen LogP contribution in [0.15, 0.2) is 48.5 Å². The van der Waals surface area contributed by atoms with Gasteiger partial charge in [-0.1, -0.05) is 24.3 Å². The molecule has 3 rings (SSSR count). The topological polar surface area (TPSA) is 67.3 Å². The van der Waals surface area contributed by atoms with E-state index in [9.17, 15) is 15.0 Å². The van der Waals surface area contributed by atoms with Crippen molar-refractivity contribution in [1.29, 1.82) is 0 Å². The number of amides is 1. The molecule has 1 heterocycles. The normalized spacial score (nSPS) is 15.9. The van der Waals surface area contributed by atoms with Crippen molar-refractivity contribution in [3.63, 3.8) is 0 Å². The number of aliphatic hydroxyl groups is 1. The van der Waals surface area contributed by atoms with Crippen molar-refractivity contribution in [2.45, 2.75) is 18.9 Å². The molecule has 2 N–H and O–H groups in total. The molecular weight excluding hydrogens is 366 g/mol. The fourth-order valence-corrected chi connectivity index (χ4v) is 3.72. The van der Waals surface area contributed by atoms with Crippen LogP contribution in [-0.4, -0.2) is 72.7 Å². The third-order valence-electron chi connectivity index (χ3n) is 5.49. The molecule has 0 bridgehead atoms. The Labute approximate surface area is 173 Å². The molecule has 2 aromatic carbocycles. The molecule has 6 heteroatoms. The Balaban J connectivity index is 1.46. The fourth-order valence-electron chi connectivity index (χ4n) is 3.72. The number of phenolic OH excluding ortho intramolecular Hbond substituents is 1. The van der Waals surface area contributed by atoms with Gasteiger partial charge in [-0.05, 0) is 49.2 Å². The number of nitrogens with zero attached hydrogens (tertiary/aromatic N) is 3. The van der Waals surface area contributed by atoms with E-state index in [1.54, 1.807) is 26.2 Å². The summed E-state index contributed by atoms with van der Waals surface area (Å²) in [4.78, 5) is 18.4. The number of para-hydroxylation sites is 1. The van der Waals surface area contributed by atoms with Crippen LogP contribution in [0.25, 0.3) is 0 Å². The molecule has 0 spiro atoms. The molecule has 29 heavy (non-hydrogen) atoms. The van der Waals surface area contributed by atoms with Crippen LogP contribution in [0.3, 0.4) is 0 Å². The molecule has 1 atom stereocenters. The highest BCUT2D eigenvalue weighted by atomic mass is 16.3. The molecule has 1 unspecified atom stereocenters. The molecule has 0 saturated carbocycles. The fraction of sp³-hybridized carbons (Fsp3) is 0.435. The van der Waals surface area contributed by atoms with Crippen molar-refractivity contribution in [2.75, 3.05) is 51.7 Å². The van der Waals surface area contributed by atoms with Crippen LogP contribution in [0.5, 0.6) is 5.75 Å². The maximum Gasteiger partial charge on any atom is 0.257 e. The minimum absolute atomic E-state index is 0.0593. The molecular formula is C23H31N3O3. The Morgan fingerprint density at radius 1 is 1.07 bits per heavy atom. The molecule has 2 aromatic rings. The number of benzene rings is 2. The Bertz CT molecular complexity index is 802. The molecule has 1 aliphatic rings. The first-order valence-corrected chi connectivity index (χ1v) is 10.2. The minimum atomic E-state index is -0.644. The smallest absolute Gasteiger partial charge is 0.257 e. The molecule has 1 fully saturated rings. The highest BCUT2D eigenvalue weighted by molar-refractivity contribution is 5.96. The van der Waals surface area contributed by atoms with Crippen molar-refractivity contribution in [3.8, 4) is 5.75 Å². The summed E-state index contributed by atoms with van der Waals surface area (Å²) in [6.07, 6.45) is 0.860. The molecule has 156 valence electrons. The van der Waals surface area contributed by atoms with Gasteiger partial charge in [-0.2, -0.15) is 0 Å². The van der Waals surface area contributed by atoms with Crippen molar-refractivity contribution >= 4 is 11.6 Å². The van der Waals surface area contributed by atoms with Gasteiger partial charge in [-0.3, -0.25) is 9.69 Å². The zero-order valence-corrected chi connectivity index (χ0v) is 17.3. The predicted molar refractivity (Wildman–Crippen MR) is 115 cm³/mol. The van der Waals surface area contributed by atoms with Gasteiger partial charge < -0.3 is 20.0 Å². The van der Waals surface area contributed by atoms with E-state index in [1.165, 1.54) is 16.7 Å². The van der Waals surface area contributed by atoms with E-state index in [1.807, 2.05) is 6.07 Å². The van der Waals surface area contributed by atoms with Crippen LogP contribution in [0.2, 0.25) is 0 Å². The van der Waals surface area contributed by atoms with Gasteiger partial charge in [-0.15, -0.1) is 0 Å². The van der Waals surface area contributed by atoms with E-state index in [0.717, 1.165) is 39.1 Å². The van der Waals surface area contributed by atoms with Crippen LogP contribution >= 0.6 is 0 Å². The van der Waals surface area contributed by atoms with E-state index in [4.69, 9.17) is 0 Å². The van der Waals surface area contributed by atoms with Gasteiger partial charge in [0, 0.05) is 46.0 Å². The molecule has 0 radical (unpaired) electrons. The van der Waals surface area contributed by atoms with E-state index >= 15 is 0 Å². The highest BCUT2D eigenvalue weighted by Crippen LogP contribution is 2.26. The molecule has 0 aromatic heterocycles. The van der Waals surface area contributed by atoms with Crippen molar-refractivity contribution < 1.29 is 15.0 Å². The largest absolute Gasteiger partial charge is 0.507 e. The maximum absolute atomic E-state index is 12.2. The number of rotatable bonds is 7. The average Bonchev–Trinajstić information content (AvgIpc) is 2.74. The second kappa shape index (κ2) is 9.76. The molecule has 6 nitrogen and oxygen atoms in total. The summed E-state index contributed by atoms with van der Waals surface area (Å²) >= 11 is 0. The summed E-state index contributed by atoms with van der Waals surface area (Å²) in [5.74, 6) is -0.330. The van der Waals surface area contributed by atoms with Crippen molar-refractivity contribution in [2.24, 2.45) is 0 Å². The van der Waals surface area contributed by atoms with Gasteiger partial charge in [0.05, 0.1) is 11.7 Å². The summed E-state index contributed by atoms with van der Waals surface area (Å²) in [6.45, 7) is 5.01. The third-order valence-corrected chi connectivity index (χ3v) is 5.49. The number of piperazine rings is 1. The lowest BCUT2D eigenvalue weighted by Crippen LogP contribution is -2.46. The van der Waals surface area contributed by atoms with Crippen molar-refractivity contribution in [3.05, 3.63) is 59.7 Å². The van der Waals surface area contributed by atoms with Crippen LogP contribution in [0.4, 0.5) is 5.69 Å². The first-order valence-electron chi connectivity index (χ1n) is 10.2. The number of phenols is 1. The summed E-state index contributed by atoms with van der Waals surface area (Å²) < 4.78 is 0. The maximum atomic E-state index is 12.2. The van der Waals surface area contributed by atoms with Crippen LogP contribution in [-0.2, 0) is 0 Å². The van der Waals surface area contributed by atoms with E-state index in [0.29, 0.717) is 12.0 Å². The van der Waals surface area contributed by atoms with E-state index in [2.05, 4.69) is 34.1 Å². The minimum Gasteiger partial charge on any atom is -0.507 e. The van der Waals surface area contributed by atoms with Gasteiger partial charge in [0.1, 0.15) is 5.75 Å². The Kier molecular flexibility index (Phi) is 7.12. The number of aliphatic hydroxyl groups excluding tert-OH is 1. The zero-order chi connectivity index (χ0) is 20.8. The lowest BCUT2D eigenvalue weighted by molar-refractivity contribution is 0.0824. The summed E-state index contributed by atoms with van der Waals surface area (Å²) in [6, 6.07) is 15.3. The first kappa shape index (κ1) is 21.1. The van der Waals surface area contributed by atoms with Crippen LogP contribution in [0, 0.1) is 0 Å². The number of hydrogen-bond donors (Lipinski definition) is 2. The Morgan fingerprint density at radius 3 is 2.41 bits per heavy atom. The van der Waals surface area contributed by atoms with E-state index in [-0.39, 0.29) is 17.2 Å². The van der Waals surface area contributed by atoms with Crippen LogP contribution in [0.1, 0.15) is 34.9 Å². The molecule has 0 aliphatic carbocycles. The molecule has 1 amide bonds. The number of aromatic hydroxyl groups is 1. The second-order valence-corrected chi connectivity index (χ2v) is 7.80. The first-order chi connectivity index (χ1) is 14.0. The molecule has 1 aliphatic heterocycles. The second-order valence-electron chi connectivity index (χ2n) is 7.80. The SMILES string of the molecule is CN(C)C(=O)c1cc(C(O)CCCN2CCN(c3ccccc3)CC2)ccc1O. The number of carbonyl (C=O) groups is 1. The number of carbonyl (C=O) groups excluding carboxylic acids is 1. The van der Waals surface area contributed by atoms with Gasteiger partial charge in [-0.25, -0.2) is 0 Å². The zero-order valence-electron chi connectivity index (χ0n) is 17.3. The summed E-state index contributed by atoms with van der Waals surface area (Å²) in [7, 11) is 3.28. The highest BCUT2D eigenvalue weighted by Gasteiger charge is 2.19. The quantitative estimate of drug-likeness (QED) is 0.752. The summed E-state index contributed by atoms with van der Waals surface area (Å²) in [5.41, 5.74) is 2.17. The van der Waals surface area contributed by atoms with Crippen LogP contribution < -0.4 is 4.90 Å². The van der Waals surface area contributed by atoms with Gasteiger partial charge in [0.2, 0.25) is 0 Å². The number of anilines is 1. The van der Waals surface area contributed by atoms with Gasteiger partial charge >= 0.3 is 0 Å². The summed E-state index contributed by atoms with van der Waals surface area (Å²) in [5, 5.41) is 20.5. The van der Waals surface area contributed by atoms with Gasteiger partial charge in [0.15, 0.2) is 0 Å².